The average Bonchev–Trinajstić information content (AvgIpc) is 3.11. The summed E-state index contributed by atoms with van der Waals surface area (Å²) in [7, 11) is 0. The number of thiophene rings is 1. The number of carbonyl (C=O) groups excluding carboxylic acids is 1. The first-order chi connectivity index (χ1) is 13.1. The SMILES string of the molecule is O=C(OCc1nc2scc(-c3ccccc3)c2c(=O)[nH]1)c1cccc(Cl)c1. The first kappa shape index (κ1) is 17.5. The van der Waals surface area contributed by atoms with Crippen molar-refractivity contribution < 1.29 is 9.53 Å². The lowest BCUT2D eigenvalue weighted by Crippen LogP contribution is -2.14. The zero-order valence-electron chi connectivity index (χ0n) is 13.9. The van der Waals surface area contributed by atoms with Crippen LogP contribution in [0.3, 0.4) is 0 Å². The highest BCUT2D eigenvalue weighted by Gasteiger charge is 2.14. The summed E-state index contributed by atoms with van der Waals surface area (Å²) in [6.45, 7) is -0.130. The quantitative estimate of drug-likeness (QED) is 0.509. The highest BCUT2D eigenvalue weighted by Crippen LogP contribution is 2.30. The largest absolute Gasteiger partial charge is 0.454 e. The first-order valence-electron chi connectivity index (χ1n) is 8.10. The maximum Gasteiger partial charge on any atom is 0.338 e. The van der Waals surface area contributed by atoms with E-state index in [4.69, 9.17) is 16.3 Å². The van der Waals surface area contributed by atoms with Crippen molar-refractivity contribution in [2.75, 3.05) is 0 Å². The Morgan fingerprint density at radius 3 is 2.74 bits per heavy atom. The van der Waals surface area contributed by atoms with E-state index in [1.54, 1.807) is 18.2 Å². The molecule has 0 saturated heterocycles. The molecule has 0 aliphatic heterocycles. The monoisotopic (exact) mass is 396 g/mol. The van der Waals surface area contributed by atoms with Gasteiger partial charge >= 0.3 is 5.97 Å². The van der Waals surface area contributed by atoms with Gasteiger partial charge in [-0.05, 0) is 23.8 Å². The van der Waals surface area contributed by atoms with Crippen LogP contribution in [0.15, 0.2) is 64.8 Å². The Kier molecular flexibility index (Phi) is 4.75. The highest BCUT2D eigenvalue weighted by atomic mass is 35.5. The number of halogens is 1. The Morgan fingerprint density at radius 2 is 1.96 bits per heavy atom. The van der Waals surface area contributed by atoms with E-state index in [1.165, 1.54) is 17.4 Å². The van der Waals surface area contributed by atoms with E-state index in [2.05, 4.69) is 9.97 Å². The summed E-state index contributed by atoms with van der Waals surface area (Å²) >= 11 is 7.26. The Hall–Kier alpha value is -2.96. The van der Waals surface area contributed by atoms with Crippen molar-refractivity contribution in [3.63, 3.8) is 0 Å². The van der Waals surface area contributed by atoms with E-state index in [0.717, 1.165) is 11.1 Å². The smallest absolute Gasteiger partial charge is 0.338 e. The predicted octanol–water partition coefficient (Wildman–Crippen LogP) is 4.66. The molecule has 2 heterocycles. The molecule has 0 bridgehead atoms. The third-order valence-corrected chi connectivity index (χ3v) is 5.09. The summed E-state index contributed by atoms with van der Waals surface area (Å²) in [5, 5.41) is 2.89. The fraction of sp³-hybridized carbons (Fsp3) is 0.0500. The number of fused-ring (bicyclic) bond motifs is 1. The van der Waals surface area contributed by atoms with Crippen LogP contribution in [0.4, 0.5) is 0 Å². The number of rotatable bonds is 4. The molecule has 5 nitrogen and oxygen atoms in total. The van der Waals surface area contributed by atoms with Crippen molar-refractivity contribution in [1.82, 2.24) is 9.97 Å². The minimum Gasteiger partial charge on any atom is -0.454 e. The van der Waals surface area contributed by atoms with Gasteiger partial charge in [-0.25, -0.2) is 9.78 Å². The zero-order chi connectivity index (χ0) is 18.8. The normalized spacial score (nSPS) is 10.9. The van der Waals surface area contributed by atoms with Crippen LogP contribution >= 0.6 is 22.9 Å². The third-order valence-electron chi connectivity index (χ3n) is 3.98. The van der Waals surface area contributed by atoms with Gasteiger partial charge in [0, 0.05) is 16.0 Å². The van der Waals surface area contributed by atoms with Gasteiger partial charge in [0.15, 0.2) is 0 Å². The lowest BCUT2D eigenvalue weighted by atomic mass is 10.1. The number of hydrogen-bond donors (Lipinski definition) is 1. The minimum atomic E-state index is -0.531. The van der Waals surface area contributed by atoms with Gasteiger partial charge in [0.1, 0.15) is 17.3 Å². The number of nitrogens with zero attached hydrogens (tertiary/aromatic N) is 1. The van der Waals surface area contributed by atoms with E-state index in [0.29, 0.717) is 26.6 Å². The molecule has 4 aromatic rings. The van der Waals surface area contributed by atoms with Crippen molar-refractivity contribution >= 4 is 39.1 Å². The van der Waals surface area contributed by atoms with Crippen molar-refractivity contribution in [2.45, 2.75) is 6.61 Å². The molecular formula is C20H13ClN2O3S. The first-order valence-corrected chi connectivity index (χ1v) is 9.36. The van der Waals surface area contributed by atoms with Crippen molar-refractivity contribution in [1.29, 1.82) is 0 Å². The van der Waals surface area contributed by atoms with Crippen LogP contribution in [0.25, 0.3) is 21.3 Å². The molecule has 134 valence electrons. The van der Waals surface area contributed by atoms with Crippen LogP contribution in [0.2, 0.25) is 5.02 Å². The average molecular weight is 397 g/mol. The van der Waals surface area contributed by atoms with Gasteiger partial charge in [-0.2, -0.15) is 0 Å². The molecule has 2 aromatic carbocycles. The molecule has 0 fully saturated rings. The minimum absolute atomic E-state index is 0.130. The second kappa shape index (κ2) is 7.34. The number of hydrogen-bond acceptors (Lipinski definition) is 5. The predicted molar refractivity (Wildman–Crippen MR) is 106 cm³/mol. The third kappa shape index (κ3) is 3.63. The molecule has 7 heteroatoms. The summed E-state index contributed by atoms with van der Waals surface area (Å²) in [4.78, 5) is 32.4. The van der Waals surface area contributed by atoms with Gasteiger partial charge in [-0.1, -0.05) is 48.0 Å². The number of carbonyl (C=O) groups is 1. The van der Waals surface area contributed by atoms with Crippen molar-refractivity contribution in [2.24, 2.45) is 0 Å². The fourth-order valence-corrected chi connectivity index (χ4v) is 3.88. The molecule has 0 unspecified atom stereocenters. The molecule has 0 aliphatic rings. The Balaban J connectivity index is 1.59. The van der Waals surface area contributed by atoms with Crippen LogP contribution in [-0.4, -0.2) is 15.9 Å². The van der Waals surface area contributed by atoms with E-state index in [1.807, 2.05) is 35.7 Å². The lowest BCUT2D eigenvalue weighted by Gasteiger charge is -2.05. The molecule has 4 rings (SSSR count). The maximum absolute atomic E-state index is 12.6. The number of H-pyrrole nitrogens is 1. The Morgan fingerprint density at radius 1 is 1.15 bits per heavy atom. The van der Waals surface area contributed by atoms with Gasteiger partial charge in [0.25, 0.3) is 5.56 Å². The molecule has 0 radical (unpaired) electrons. The number of aromatic amines is 1. The molecular weight excluding hydrogens is 384 g/mol. The molecule has 0 aliphatic carbocycles. The van der Waals surface area contributed by atoms with Gasteiger partial charge < -0.3 is 9.72 Å². The number of nitrogens with one attached hydrogen (secondary N) is 1. The summed E-state index contributed by atoms with van der Waals surface area (Å²) < 4.78 is 5.24. The molecule has 27 heavy (non-hydrogen) atoms. The number of esters is 1. The van der Waals surface area contributed by atoms with Crippen LogP contribution < -0.4 is 5.56 Å². The molecule has 0 spiro atoms. The number of benzene rings is 2. The van der Waals surface area contributed by atoms with E-state index in [-0.39, 0.29) is 12.2 Å². The van der Waals surface area contributed by atoms with Gasteiger partial charge in [-0.15, -0.1) is 11.3 Å². The fourth-order valence-electron chi connectivity index (χ4n) is 2.72. The maximum atomic E-state index is 12.6. The number of ether oxygens (including phenoxy) is 1. The van der Waals surface area contributed by atoms with E-state index >= 15 is 0 Å². The molecule has 0 saturated carbocycles. The number of aromatic nitrogens is 2. The summed E-state index contributed by atoms with van der Waals surface area (Å²) in [6.07, 6.45) is 0. The second-order valence-corrected chi connectivity index (χ2v) is 7.09. The van der Waals surface area contributed by atoms with E-state index in [9.17, 15) is 9.59 Å². The van der Waals surface area contributed by atoms with Crippen LogP contribution in [0.5, 0.6) is 0 Å². The van der Waals surface area contributed by atoms with Crippen molar-refractivity contribution in [3.05, 3.63) is 86.7 Å². The van der Waals surface area contributed by atoms with E-state index < -0.39 is 5.97 Å². The molecule has 1 N–H and O–H groups in total. The standard InChI is InChI=1S/C20H13ClN2O3S/c21-14-8-4-7-13(9-14)20(25)26-10-16-22-18(24)17-15(11-27-19(17)23-16)12-5-2-1-3-6-12/h1-9,11H,10H2,(H,22,23,24). The Labute approximate surface area is 163 Å². The summed E-state index contributed by atoms with van der Waals surface area (Å²) in [5.41, 5.74) is 1.88. The summed E-state index contributed by atoms with van der Waals surface area (Å²) in [6, 6.07) is 16.1. The molecule has 0 atom stereocenters. The molecule has 0 amide bonds. The van der Waals surface area contributed by atoms with Crippen molar-refractivity contribution in [3.8, 4) is 11.1 Å². The topological polar surface area (TPSA) is 72.0 Å². The van der Waals surface area contributed by atoms with Crippen LogP contribution in [-0.2, 0) is 11.3 Å². The highest BCUT2D eigenvalue weighted by molar-refractivity contribution is 7.17. The van der Waals surface area contributed by atoms with Gasteiger partial charge in [-0.3, -0.25) is 4.79 Å². The van der Waals surface area contributed by atoms with Crippen LogP contribution in [0.1, 0.15) is 16.2 Å². The molecule has 2 aromatic heterocycles. The van der Waals surface area contributed by atoms with Gasteiger partial charge in [0.2, 0.25) is 0 Å². The Bertz CT molecular complexity index is 1180. The van der Waals surface area contributed by atoms with Gasteiger partial charge in [0.05, 0.1) is 10.9 Å². The summed E-state index contributed by atoms with van der Waals surface area (Å²) in [5.74, 6) is -0.235. The second-order valence-electron chi connectivity index (χ2n) is 5.79. The zero-order valence-corrected chi connectivity index (χ0v) is 15.5. The van der Waals surface area contributed by atoms with Crippen LogP contribution in [0, 0.1) is 0 Å². The lowest BCUT2D eigenvalue weighted by molar-refractivity contribution is 0.0462.